The summed E-state index contributed by atoms with van der Waals surface area (Å²) in [4.78, 5) is 47.4. The van der Waals surface area contributed by atoms with Gasteiger partial charge >= 0.3 is 0 Å². The van der Waals surface area contributed by atoms with Crippen LogP contribution in [0.25, 0.3) is 0 Å². The quantitative estimate of drug-likeness (QED) is 0.373. The molecular weight excluding hydrogens is 316 g/mol. The molecule has 0 saturated carbocycles. The number of anilines is 1. The van der Waals surface area contributed by atoms with Crippen molar-refractivity contribution in [2.24, 2.45) is 10.7 Å². The number of primary amides is 1. The molecule has 0 unspecified atom stereocenters. The average molecular weight is 326 g/mol. The van der Waals surface area contributed by atoms with Crippen LogP contribution in [0.15, 0.2) is 47.5 Å². The maximum Gasteiger partial charge on any atom is 0.270 e. The molecule has 9 heteroatoms. The van der Waals surface area contributed by atoms with Gasteiger partial charge in [-0.2, -0.15) is 4.99 Å². The number of aliphatic imine (C=N–C) groups is 1. The van der Waals surface area contributed by atoms with Crippen molar-refractivity contribution in [2.45, 2.75) is 0 Å². The highest BCUT2D eigenvalue weighted by atomic mass is 16.6. The molecule has 0 aliphatic rings. The Morgan fingerprint density at radius 1 is 1.21 bits per heavy atom. The van der Waals surface area contributed by atoms with Crippen LogP contribution in [0, 0.1) is 10.1 Å². The van der Waals surface area contributed by atoms with E-state index >= 15 is 0 Å². The lowest BCUT2D eigenvalue weighted by molar-refractivity contribution is -0.384. The molecule has 2 aromatic carbocycles. The van der Waals surface area contributed by atoms with Gasteiger partial charge in [0.25, 0.3) is 17.5 Å². The van der Waals surface area contributed by atoms with Crippen LogP contribution in [0.5, 0.6) is 0 Å². The van der Waals surface area contributed by atoms with E-state index in [1.54, 1.807) is 0 Å². The van der Waals surface area contributed by atoms with Crippen molar-refractivity contribution in [3.8, 4) is 0 Å². The third-order valence-corrected chi connectivity index (χ3v) is 3.01. The van der Waals surface area contributed by atoms with Crippen molar-refractivity contribution in [1.82, 2.24) is 0 Å². The Morgan fingerprint density at radius 2 is 1.96 bits per heavy atom. The fourth-order valence-electron chi connectivity index (χ4n) is 1.92. The number of hydrogen-bond donors (Lipinski definition) is 2. The van der Waals surface area contributed by atoms with Gasteiger partial charge in [0.15, 0.2) is 0 Å². The van der Waals surface area contributed by atoms with Gasteiger partial charge in [-0.3, -0.25) is 19.7 Å². The monoisotopic (exact) mass is 326 g/mol. The molecule has 24 heavy (non-hydrogen) atoms. The van der Waals surface area contributed by atoms with Crippen LogP contribution in [0.2, 0.25) is 0 Å². The molecule has 0 fully saturated rings. The molecule has 0 aliphatic carbocycles. The number of nitrogens with one attached hydrogen (secondary N) is 1. The SMILES string of the molecule is NC(=O)c1cc(N=C=O)ccc1NC(=O)c1cccc([N+](=O)[O-])c1. The van der Waals surface area contributed by atoms with Gasteiger partial charge in [-0.15, -0.1) is 0 Å². The minimum atomic E-state index is -0.840. The molecule has 3 N–H and O–H groups in total. The molecule has 2 amide bonds. The summed E-state index contributed by atoms with van der Waals surface area (Å²) < 4.78 is 0. The number of hydrogen-bond acceptors (Lipinski definition) is 6. The normalized spacial score (nSPS) is 9.67. The van der Waals surface area contributed by atoms with Crippen molar-refractivity contribution in [3.05, 3.63) is 63.7 Å². The maximum absolute atomic E-state index is 12.2. The van der Waals surface area contributed by atoms with E-state index in [1.165, 1.54) is 42.5 Å². The Labute approximate surface area is 135 Å². The lowest BCUT2D eigenvalue weighted by atomic mass is 10.1. The molecule has 0 radical (unpaired) electrons. The molecule has 9 nitrogen and oxygen atoms in total. The molecule has 120 valence electrons. The topological polar surface area (TPSA) is 145 Å². The van der Waals surface area contributed by atoms with Gasteiger partial charge in [0.05, 0.1) is 21.9 Å². The van der Waals surface area contributed by atoms with Crippen molar-refractivity contribution >= 4 is 35.0 Å². The van der Waals surface area contributed by atoms with Crippen LogP contribution in [0.1, 0.15) is 20.7 Å². The smallest absolute Gasteiger partial charge is 0.270 e. The summed E-state index contributed by atoms with van der Waals surface area (Å²) in [5.74, 6) is -1.50. The van der Waals surface area contributed by atoms with E-state index in [0.29, 0.717) is 0 Å². The number of carbonyl (C=O) groups is 2. The van der Waals surface area contributed by atoms with E-state index in [0.717, 1.165) is 6.07 Å². The van der Waals surface area contributed by atoms with Gasteiger partial charge in [0.2, 0.25) is 6.08 Å². The number of benzene rings is 2. The molecule has 0 saturated heterocycles. The highest BCUT2D eigenvalue weighted by Gasteiger charge is 2.15. The molecule has 0 spiro atoms. The highest BCUT2D eigenvalue weighted by molar-refractivity contribution is 6.09. The van der Waals surface area contributed by atoms with Gasteiger partial charge in [-0.1, -0.05) is 6.07 Å². The fraction of sp³-hybridized carbons (Fsp3) is 0. The summed E-state index contributed by atoms with van der Waals surface area (Å²) in [6.07, 6.45) is 1.32. The first-order chi connectivity index (χ1) is 11.4. The van der Waals surface area contributed by atoms with Crippen molar-refractivity contribution < 1.29 is 19.3 Å². The van der Waals surface area contributed by atoms with E-state index in [4.69, 9.17) is 5.73 Å². The van der Waals surface area contributed by atoms with Gasteiger partial charge in [0, 0.05) is 17.7 Å². The minimum Gasteiger partial charge on any atom is -0.366 e. The van der Waals surface area contributed by atoms with E-state index in [9.17, 15) is 24.5 Å². The van der Waals surface area contributed by atoms with Crippen molar-refractivity contribution in [1.29, 1.82) is 0 Å². The van der Waals surface area contributed by atoms with Crippen LogP contribution in [0.4, 0.5) is 17.1 Å². The van der Waals surface area contributed by atoms with Crippen LogP contribution < -0.4 is 11.1 Å². The number of non-ortho nitro benzene ring substituents is 1. The second-order valence-electron chi connectivity index (χ2n) is 4.56. The number of nitro benzene ring substituents is 1. The average Bonchev–Trinajstić information content (AvgIpc) is 2.56. The molecule has 2 rings (SSSR count). The van der Waals surface area contributed by atoms with E-state index in [-0.39, 0.29) is 28.2 Å². The third kappa shape index (κ3) is 3.67. The Kier molecular flexibility index (Phi) is 4.78. The first kappa shape index (κ1) is 16.5. The number of nitro groups is 1. The van der Waals surface area contributed by atoms with Crippen molar-refractivity contribution in [2.75, 3.05) is 5.32 Å². The molecule has 0 aliphatic heterocycles. The zero-order chi connectivity index (χ0) is 17.7. The summed E-state index contributed by atoms with van der Waals surface area (Å²) in [6.45, 7) is 0. The number of rotatable bonds is 5. The first-order valence-corrected chi connectivity index (χ1v) is 6.50. The van der Waals surface area contributed by atoms with Gasteiger partial charge < -0.3 is 11.1 Å². The van der Waals surface area contributed by atoms with E-state index < -0.39 is 16.7 Å². The summed E-state index contributed by atoms with van der Waals surface area (Å²) in [5, 5.41) is 13.2. The fourth-order valence-corrected chi connectivity index (χ4v) is 1.92. The van der Waals surface area contributed by atoms with Gasteiger partial charge in [0.1, 0.15) is 0 Å². The van der Waals surface area contributed by atoms with Crippen LogP contribution in [-0.4, -0.2) is 22.8 Å². The molecule has 0 atom stereocenters. The Bertz CT molecular complexity index is 887. The second-order valence-corrected chi connectivity index (χ2v) is 4.56. The highest BCUT2D eigenvalue weighted by Crippen LogP contribution is 2.23. The van der Waals surface area contributed by atoms with Gasteiger partial charge in [-0.25, -0.2) is 4.79 Å². The molecule has 0 aromatic heterocycles. The van der Waals surface area contributed by atoms with Crippen LogP contribution in [0.3, 0.4) is 0 Å². The standard InChI is InChI=1S/C15H10N4O5/c16-14(21)12-7-10(17-8-20)4-5-13(12)18-15(22)9-2-1-3-11(6-9)19(23)24/h1-7H,(H2,16,21)(H,18,22). The molecule has 2 aromatic rings. The second kappa shape index (κ2) is 6.95. The summed E-state index contributed by atoms with van der Waals surface area (Å²) in [7, 11) is 0. The lowest BCUT2D eigenvalue weighted by Gasteiger charge is -2.09. The largest absolute Gasteiger partial charge is 0.366 e. The molecule has 0 bridgehead atoms. The summed E-state index contributed by atoms with van der Waals surface area (Å²) in [6, 6.07) is 9.03. The maximum atomic E-state index is 12.2. The number of nitrogens with two attached hydrogens (primary N) is 1. The molecule has 0 heterocycles. The van der Waals surface area contributed by atoms with E-state index in [2.05, 4.69) is 10.3 Å². The Morgan fingerprint density at radius 3 is 2.58 bits per heavy atom. The first-order valence-electron chi connectivity index (χ1n) is 6.50. The number of isocyanates is 1. The minimum absolute atomic E-state index is 0.0367. The number of carbonyl (C=O) groups excluding carboxylic acids is 3. The summed E-state index contributed by atoms with van der Waals surface area (Å²) in [5.41, 5.74) is 5.20. The number of nitrogens with zero attached hydrogens (tertiary/aromatic N) is 2. The zero-order valence-electron chi connectivity index (χ0n) is 12.1. The predicted molar refractivity (Wildman–Crippen MR) is 83.8 cm³/mol. The van der Waals surface area contributed by atoms with Gasteiger partial charge in [-0.05, 0) is 24.3 Å². The lowest BCUT2D eigenvalue weighted by Crippen LogP contribution is -2.18. The third-order valence-electron chi connectivity index (χ3n) is 3.01. The predicted octanol–water partition coefficient (Wildman–Crippen LogP) is 1.91. The molecular formula is C15H10N4O5. The van der Waals surface area contributed by atoms with Crippen LogP contribution in [-0.2, 0) is 4.79 Å². The van der Waals surface area contributed by atoms with Crippen LogP contribution >= 0.6 is 0 Å². The zero-order valence-corrected chi connectivity index (χ0v) is 12.1. The summed E-state index contributed by atoms with van der Waals surface area (Å²) >= 11 is 0. The Balaban J connectivity index is 2.35. The van der Waals surface area contributed by atoms with Crippen molar-refractivity contribution in [3.63, 3.8) is 0 Å². The number of amides is 2. The Hall–Kier alpha value is -3.84. The van der Waals surface area contributed by atoms with E-state index in [1.807, 2.05) is 0 Å².